The summed E-state index contributed by atoms with van der Waals surface area (Å²) in [7, 11) is 0. The minimum absolute atomic E-state index is 0.304. The Kier molecular flexibility index (Phi) is 2.82. The molecule has 5 nitrogen and oxygen atoms in total. The number of primary amides is 1. The van der Waals surface area contributed by atoms with E-state index in [1.807, 2.05) is 12.1 Å². The van der Waals surface area contributed by atoms with Crippen molar-refractivity contribution in [3.05, 3.63) is 36.0 Å². The molecule has 1 heterocycles. The number of H-pyrrole nitrogens is 1. The number of rotatable bonds is 3. The minimum Gasteiger partial charge on any atom is -0.368 e. The first-order valence-electron chi connectivity index (χ1n) is 5.26. The summed E-state index contributed by atoms with van der Waals surface area (Å²) in [6.07, 6.45) is 1.76. The second kappa shape index (κ2) is 4.29. The number of amides is 2. The molecular weight excluding hydrogens is 218 g/mol. The Morgan fingerprint density at radius 1 is 1.35 bits per heavy atom. The molecule has 0 saturated carbocycles. The van der Waals surface area contributed by atoms with Gasteiger partial charge in [-0.25, -0.2) is 0 Å². The molecule has 0 radical (unpaired) electrons. The average Bonchev–Trinajstić information content (AvgIpc) is 2.76. The molecule has 0 saturated heterocycles. The van der Waals surface area contributed by atoms with Crippen LogP contribution in [0.2, 0.25) is 0 Å². The highest BCUT2D eigenvalue weighted by atomic mass is 16.2. The lowest BCUT2D eigenvalue weighted by atomic mass is 10.1. The van der Waals surface area contributed by atoms with Gasteiger partial charge in [0.25, 0.3) is 5.91 Å². The normalized spacial score (nSPS) is 12.3. The summed E-state index contributed by atoms with van der Waals surface area (Å²) in [4.78, 5) is 25.8. The van der Waals surface area contributed by atoms with Gasteiger partial charge in [0.15, 0.2) is 0 Å². The quantitative estimate of drug-likeness (QED) is 0.728. The van der Waals surface area contributed by atoms with E-state index in [2.05, 4.69) is 10.3 Å². The van der Waals surface area contributed by atoms with E-state index < -0.39 is 11.9 Å². The van der Waals surface area contributed by atoms with Gasteiger partial charge in [0, 0.05) is 22.7 Å². The third-order valence-electron chi connectivity index (χ3n) is 2.61. The maximum atomic E-state index is 11.9. The summed E-state index contributed by atoms with van der Waals surface area (Å²) < 4.78 is 0. The molecule has 1 aromatic carbocycles. The zero-order valence-corrected chi connectivity index (χ0v) is 9.36. The molecule has 2 aromatic rings. The summed E-state index contributed by atoms with van der Waals surface area (Å²) in [5, 5.41) is 3.37. The van der Waals surface area contributed by atoms with Gasteiger partial charge in [0.1, 0.15) is 6.04 Å². The first-order chi connectivity index (χ1) is 8.09. The number of carbonyl (C=O) groups excluding carboxylic acids is 2. The molecule has 17 heavy (non-hydrogen) atoms. The van der Waals surface area contributed by atoms with Gasteiger partial charge < -0.3 is 16.0 Å². The van der Waals surface area contributed by atoms with Crippen LogP contribution in [0.25, 0.3) is 10.9 Å². The predicted molar refractivity (Wildman–Crippen MR) is 64.4 cm³/mol. The van der Waals surface area contributed by atoms with Crippen LogP contribution in [0.5, 0.6) is 0 Å². The topological polar surface area (TPSA) is 88.0 Å². The highest BCUT2D eigenvalue weighted by Crippen LogP contribution is 2.17. The van der Waals surface area contributed by atoms with Gasteiger partial charge in [-0.05, 0) is 25.1 Å². The number of hydrogen-bond acceptors (Lipinski definition) is 2. The van der Waals surface area contributed by atoms with E-state index in [0.29, 0.717) is 5.56 Å². The SMILES string of the molecule is CC(NC(=O)c1cccc2[nH]ccc12)C(N)=O. The van der Waals surface area contributed by atoms with Crippen LogP contribution in [0, 0.1) is 0 Å². The van der Waals surface area contributed by atoms with Crippen molar-refractivity contribution in [2.75, 3.05) is 0 Å². The Morgan fingerprint density at radius 3 is 2.82 bits per heavy atom. The van der Waals surface area contributed by atoms with Crippen LogP contribution in [-0.4, -0.2) is 22.8 Å². The van der Waals surface area contributed by atoms with E-state index in [0.717, 1.165) is 10.9 Å². The average molecular weight is 231 g/mol. The summed E-state index contributed by atoms with van der Waals surface area (Å²) in [5.74, 6) is -0.860. The van der Waals surface area contributed by atoms with E-state index in [-0.39, 0.29) is 5.91 Å². The number of aromatic nitrogens is 1. The number of aromatic amines is 1. The van der Waals surface area contributed by atoms with Crippen LogP contribution in [0.3, 0.4) is 0 Å². The van der Waals surface area contributed by atoms with Gasteiger partial charge in [-0.2, -0.15) is 0 Å². The molecule has 0 bridgehead atoms. The number of hydrogen-bond donors (Lipinski definition) is 3. The maximum Gasteiger partial charge on any atom is 0.252 e. The summed E-state index contributed by atoms with van der Waals surface area (Å²) in [5.41, 5.74) is 6.50. The second-order valence-electron chi connectivity index (χ2n) is 3.84. The summed E-state index contributed by atoms with van der Waals surface area (Å²) in [6.45, 7) is 1.55. The molecule has 1 atom stereocenters. The van der Waals surface area contributed by atoms with Gasteiger partial charge >= 0.3 is 0 Å². The third kappa shape index (κ3) is 2.13. The fourth-order valence-electron chi connectivity index (χ4n) is 1.63. The zero-order valence-electron chi connectivity index (χ0n) is 9.36. The fourth-order valence-corrected chi connectivity index (χ4v) is 1.63. The largest absolute Gasteiger partial charge is 0.368 e. The number of nitrogens with two attached hydrogens (primary N) is 1. The van der Waals surface area contributed by atoms with Crippen molar-refractivity contribution in [3.8, 4) is 0 Å². The molecule has 2 rings (SSSR count). The van der Waals surface area contributed by atoms with Crippen molar-refractivity contribution in [1.82, 2.24) is 10.3 Å². The van der Waals surface area contributed by atoms with Crippen molar-refractivity contribution in [2.45, 2.75) is 13.0 Å². The molecule has 0 fully saturated rings. The summed E-state index contributed by atoms with van der Waals surface area (Å²) >= 11 is 0. The van der Waals surface area contributed by atoms with Crippen LogP contribution in [-0.2, 0) is 4.79 Å². The van der Waals surface area contributed by atoms with Gasteiger partial charge in [0.05, 0.1) is 0 Å². The van der Waals surface area contributed by atoms with Crippen molar-refractivity contribution in [3.63, 3.8) is 0 Å². The lowest BCUT2D eigenvalue weighted by Crippen LogP contribution is -2.42. The molecule has 0 aliphatic rings. The van der Waals surface area contributed by atoms with E-state index >= 15 is 0 Å². The molecule has 5 heteroatoms. The predicted octanol–water partition coefficient (Wildman–Crippen LogP) is 0.772. The number of benzene rings is 1. The Labute approximate surface area is 98.0 Å². The van der Waals surface area contributed by atoms with Crippen molar-refractivity contribution in [1.29, 1.82) is 0 Å². The summed E-state index contributed by atoms with van der Waals surface area (Å²) in [6, 6.07) is 6.50. The van der Waals surface area contributed by atoms with Crippen molar-refractivity contribution < 1.29 is 9.59 Å². The Bertz CT molecular complexity index is 574. The Hall–Kier alpha value is -2.30. The first kappa shape index (κ1) is 11.2. The van der Waals surface area contributed by atoms with Gasteiger partial charge in [-0.15, -0.1) is 0 Å². The number of fused-ring (bicyclic) bond motifs is 1. The third-order valence-corrected chi connectivity index (χ3v) is 2.61. The lowest BCUT2D eigenvalue weighted by Gasteiger charge is -2.10. The molecular formula is C12H13N3O2. The smallest absolute Gasteiger partial charge is 0.252 e. The Morgan fingerprint density at radius 2 is 2.12 bits per heavy atom. The molecule has 4 N–H and O–H groups in total. The van der Waals surface area contributed by atoms with Crippen LogP contribution in [0.1, 0.15) is 17.3 Å². The highest BCUT2D eigenvalue weighted by molar-refractivity contribution is 6.07. The highest BCUT2D eigenvalue weighted by Gasteiger charge is 2.15. The lowest BCUT2D eigenvalue weighted by molar-refractivity contribution is -0.119. The van der Waals surface area contributed by atoms with E-state index in [1.165, 1.54) is 0 Å². The standard InChI is InChI=1S/C12H13N3O2/c1-7(11(13)16)15-12(17)9-3-2-4-10-8(9)5-6-14-10/h2-7,14H,1H3,(H2,13,16)(H,15,17). The number of nitrogens with one attached hydrogen (secondary N) is 2. The molecule has 1 aromatic heterocycles. The van der Waals surface area contributed by atoms with Gasteiger partial charge in [-0.3, -0.25) is 9.59 Å². The van der Waals surface area contributed by atoms with Crippen molar-refractivity contribution in [2.24, 2.45) is 5.73 Å². The van der Waals surface area contributed by atoms with Crippen LogP contribution >= 0.6 is 0 Å². The van der Waals surface area contributed by atoms with Crippen LogP contribution in [0.4, 0.5) is 0 Å². The molecule has 1 unspecified atom stereocenters. The first-order valence-corrected chi connectivity index (χ1v) is 5.26. The van der Waals surface area contributed by atoms with Crippen LogP contribution in [0.15, 0.2) is 30.5 Å². The zero-order chi connectivity index (χ0) is 12.4. The van der Waals surface area contributed by atoms with E-state index in [9.17, 15) is 9.59 Å². The van der Waals surface area contributed by atoms with Crippen molar-refractivity contribution >= 4 is 22.7 Å². The van der Waals surface area contributed by atoms with Gasteiger partial charge in [0.2, 0.25) is 5.91 Å². The maximum absolute atomic E-state index is 11.9. The van der Waals surface area contributed by atoms with Crippen LogP contribution < -0.4 is 11.1 Å². The minimum atomic E-state index is -0.684. The van der Waals surface area contributed by atoms with Gasteiger partial charge in [-0.1, -0.05) is 6.07 Å². The van der Waals surface area contributed by atoms with E-state index in [1.54, 1.807) is 25.3 Å². The monoisotopic (exact) mass is 231 g/mol. The molecule has 0 spiro atoms. The molecule has 0 aliphatic carbocycles. The molecule has 0 aliphatic heterocycles. The molecule has 88 valence electrons. The fraction of sp³-hybridized carbons (Fsp3) is 0.167. The number of carbonyl (C=O) groups is 2. The van der Waals surface area contributed by atoms with E-state index in [4.69, 9.17) is 5.73 Å². The molecule has 2 amide bonds. The Balaban J connectivity index is 2.30. The second-order valence-corrected chi connectivity index (χ2v) is 3.84.